The van der Waals surface area contributed by atoms with Crippen molar-refractivity contribution in [2.45, 2.75) is 27.7 Å². The largest absolute Gasteiger partial charge is 0.268 e. The Hall–Kier alpha value is -2.68. The Morgan fingerprint density at radius 2 is 1.35 bits per heavy atom. The molecule has 0 saturated heterocycles. The molecule has 0 bridgehead atoms. The van der Waals surface area contributed by atoms with Crippen LogP contribution in [0.25, 0.3) is 11.4 Å². The van der Waals surface area contributed by atoms with Crippen molar-refractivity contribution in [3.05, 3.63) is 78.6 Å². The minimum absolute atomic E-state index is 0.0723. The lowest BCUT2D eigenvalue weighted by Gasteiger charge is -2.06. The lowest BCUT2D eigenvalue weighted by atomic mass is 10.2. The van der Waals surface area contributed by atoms with Crippen molar-refractivity contribution in [2.24, 2.45) is 0 Å². The molecule has 2 aromatic carbocycles. The van der Waals surface area contributed by atoms with Crippen molar-refractivity contribution in [3.63, 3.8) is 0 Å². The van der Waals surface area contributed by atoms with Crippen LogP contribution in [0.1, 0.15) is 38.1 Å². The Kier molecular flexibility index (Phi) is 8.08. The van der Waals surface area contributed by atoms with E-state index < -0.39 is 0 Å². The standard InChI is InChI=1S/C16H12N2O.2C2H6/c19-16(14-9-5-2-6-10-14)18-12-11-17-15(18)13-7-3-1-4-8-13;2*1-2/h1-12H;2*1-2H3. The molecule has 0 radical (unpaired) electrons. The maximum atomic E-state index is 12.4. The number of carbonyl (C=O) groups excluding carboxylic acids is 1. The van der Waals surface area contributed by atoms with Crippen molar-refractivity contribution in [3.8, 4) is 11.4 Å². The minimum atomic E-state index is -0.0723. The average molecular weight is 308 g/mol. The molecule has 0 aliphatic heterocycles. The third kappa shape index (κ3) is 4.65. The molecule has 0 aliphatic carbocycles. The van der Waals surface area contributed by atoms with Gasteiger partial charge in [-0.1, -0.05) is 76.2 Å². The van der Waals surface area contributed by atoms with Gasteiger partial charge in [0, 0.05) is 23.5 Å². The molecule has 1 heterocycles. The molecular formula is C20H24N2O. The summed E-state index contributed by atoms with van der Waals surface area (Å²) in [6, 6.07) is 18.9. The van der Waals surface area contributed by atoms with Gasteiger partial charge in [-0.05, 0) is 12.1 Å². The number of imidazole rings is 1. The average Bonchev–Trinajstić information content (AvgIpc) is 3.16. The van der Waals surface area contributed by atoms with Gasteiger partial charge >= 0.3 is 0 Å². The third-order valence-corrected chi connectivity index (χ3v) is 2.91. The van der Waals surface area contributed by atoms with Gasteiger partial charge in [0.2, 0.25) is 0 Å². The van der Waals surface area contributed by atoms with Crippen LogP contribution < -0.4 is 0 Å². The van der Waals surface area contributed by atoms with E-state index in [1.54, 1.807) is 29.1 Å². The van der Waals surface area contributed by atoms with Gasteiger partial charge in [0.05, 0.1) is 0 Å². The van der Waals surface area contributed by atoms with Gasteiger partial charge in [-0.3, -0.25) is 9.36 Å². The summed E-state index contributed by atoms with van der Waals surface area (Å²) < 4.78 is 1.57. The Labute approximate surface area is 138 Å². The molecule has 0 fully saturated rings. The van der Waals surface area contributed by atoms with Crippen molar-refractivity contribution >= 4 is 5.91 Å². The van der Waals surface area contributed by atoms with E-state index in [9.17, 15) is 4.79 Å². The number of hydrogen-bond acceptors (Lipinski definition) is 2. The predicted octanol–water partition coefficient (Wildman–Crippen LogP) is 5.29. The van der Waals surface area contributed by atoms with Gasteiger partial charge < -0.3 is 0 Å². The zero-order valence-corrected chi connectivity index (χ0v) is 14.2. The first-order valence-corrected chi connectivity index (χ1v) is 8.05. The molecule has 0 amide bonds. The Bertz CT molecular complexity index is 688. The highest BCUT2D eigenvalue weighted by Gasteiger charge is 2.13. The summed E-state index contributed by atoms with van der Waals surface area (Å²) in [4.78, 5) is 16.7. The van der Waals surface area contributed by atoms with Crippen molar-refractivity contribution < 1.29 is 4.79 Å². The molecule has 3 nitrogen and oxygen atoms in total. The molecule has 0 saturated carbocycles. The number of hydrogen-bond donors (Lipinski definition) is 0. The van der Waals surface area contributed by atoms with E-state index in [0.717, 1.165) is 5.56 Å². The first-order chi connectivity index (χ1) is 11.4. The normalized spacial score (nSPS) is 9.04. The van der Waals surface area contributed by atoms with Crippen LogP contribution >= 0.6 is 0 Å². The van der Waals surface area contributed by atoms with E-state index in [4.69, 9.17) is 0 Å². The van der Waals surface area contributed by atoms with Crippen LogP contribution in [0.5, 0.6) is 0 Å². The molecule has 0 N–H and O–H groups in total. The van der Waals surface area contributed by atoms with Crippen LogP contribution in [-0.4, -0.2) is 15.5 Å². The Morgan fingerprint density at radius 3 is 1.91 bits per heavy atom. The number of aromatic nitrogens is 2. The van der Waals surface area contributed by atoms with Gasteiger partial charge in [-0.2, -0.15) is 0 Å². The summed E-state index contributed by atoms with van der Waals surface area (Å²) >= 11 is 0. The predicted molar refractivity (Wildman–Crippen MR) is 96.5 cm³/mol. The summed E-state index contributed by atoms with van der Waals surface area (Å²) in [5.41, 5.74) is 1.58. The molecule has 0 atom stereocenters. The monoisotopic (exact) mass is 308 g/mol. The van der Waals surface area contributed by atoms with Crippen LogP contribution in [0.2, 0.25) is 0 Å². The quantitative estimate of drug-likeness (QED) is 0.644. The van der Waals surface area contributed by atoms with Crippen LogP contribution in [0, 0.1) is 0 Å². The number of carbonyl (C=O) groups is 1. The second kappa shape index (κ2) is 10.1. The zero-order valence-electron chi connectivity index (χ0n) is 14.2. The fourth-order valence-electron chi connectivity index (χ4n) is 1.99. The molecular weight excluding hydrogens is 284 g/mol. The summed E-state index contributed by atoms with van der Waals surface area (Å²) in [5.74, 6) is 0.589. The van der Waals surface area contributed by atoms with Gasteiger partial charge in [0.15, 0.2) is 0 Å². The topological polar surface area (TPSA) is 34.9 Å². The van der Waals surface area contributed by atoms with Crippen LogP contribution in [0.4, 0.5) is 0 Å². The lowest BCUT2D eigenvalue weighted by Crippen LogP contribution is -2.12. The molecule has 3 aromatic rings. The van der Waals surface area contributed by atoms with Gasteiger partial charge in [0.25, 0.3) is 5.91 Å². The van der Waals surface area contributed by atoms with Gasteiger partial charge in [0.1, 0.15) is 5.82 Å². The molecule has 23 heavy (non-hydrogen) atoms. The highest BCUT2D eigenvalue weighted by atomic mass is 16.2. The molecule has 120 valence electrons. The SMILES string of the molecule is CC.CC.O=C(c1ccccc1)n1ccnc1-c1ccccc1. The van der Waals surface area contributed by atoms with Crippen LogP contribution in [-0.2, 0) is 0 Å². The van der Waals surface area contributed by atoms with Gasteiger partial charge in [-0.25, -0.2) is 4.98 Å². The lowest BCUT2D eigenvalue weighted by molar-refractivity contribution is 0.0961. The fourth-order valence-corrected chi connectivity index (χ4v) is 1.99. The maximum Gasteiger partial charge on any atom is 0.263 e. The Morgan fingerprint density at radius 1 is 0.826 bits per heavy atom. The maximum absolute atomic E-state index is 12.4. The second-order valence-electron chi connectivity index (χ2n) is 4.16. The van der Waals surface area contributed by atoms with E-state index in [0.29, 0.717) is 11.4 Å². The van der Waals surface area contributed by atoms with E-state index in [1.165, 1.54) is 0 Å². The number of rotatable bonds is 2. The molecule has 3 rings (SSSR count). The van der Waals surface area contributed by atoms with E-state index in [2.05, 4.69) is 4.98 Å². The van der Waals surface area contributed by atoms with E-state index >= 15 is 0 Å². The molecule has 1 aromatic heterocycles. The summed E-state index contributed by atoms with van der Waals surface area (Å²) in [6.07, 6.45) is 3.33. The summed E-state index contributed by atoms with van der Waals surface area (Å²) in [7, 11) is 0. The van der Waals surface area contributed by atoms with Crippen LogP contribution in [0.15, 0.2) is 73.1 Å². The van der Waals surface area contributed by atoms with Gasteiger partial charge in [-0.15, -0.1) is 0 Å². The molecule has 0 unspecified atom stereocenters. The summed E-state index contributed by atoms with van der Waals surface area (Å²) in [5, 5.41) is 0. The summed E-state index contributed by atoms with van der Waals surface area (Å²) in [6.45, 7) is 8.00. The number of nitrogens with zero attached hydrogens (tertiary/aromatic N) is 2. The molecule has 3 heteroatoms. The van der Waals surface area contributed by atoms with E-state index in [1.807, 2.05) is 76.2 Å². The third-order valence-electron chi connectivity index (χ3n) is 2.91. The first-order valence-electron chi connectivity index (χ1n) is 8.05. The van der Waals surface area contributed by atoms with Crippen molar-refractivity contribution in [1.82, 2.24) is 9.55 Å². The number of benzene rings is 2. The Balaban J connectivity index is 0.000000615. The smallest absolute Gasteiger partial charge is 0.263 e. The van der Waals surface area contributed by atoms with Crippen LogP contribution in [0.3, 0.4) is 0 Å². The highest BCUT2D eigenvalue weighted by molar-refractivity contribution is 5.97. The first kappa shape index (κ1) is 18.4. The fraction of sp³-hybridized carbons (Fsp3) is 0.200. The molecule has 0 aliphatic rings. The minimum Gasteiger partial charge on any atom is -0.268 e. The van der Waals surface area contributed by atoms with Crippen molar-refractivity contribution in [2.75, 3.05) is 0 Å². The second-order valence-corrected chi connectivity index (χ2v) is 4.16. The zero-order chi connectivity index (χ0) is 17.1. The highest BCUT2D eigenvalue weighted by Crippen LogP contribution is 2.18. The van der Waals surface area contributed by atoms with E-state index in [-0.39, 0.29) is 5.91 Å². The molecule has 0 spiro atoms. The van der Waals surface area contributed by atoms with Crippen molar-refractivity contribution in [1.29, 1.82) is 0 Å².